The number of hydrogen-bond donors (Lipinski definition) is 0. The van der Waals surface area contributed by atoms with Gasteiger partial charge in [0.1, 0.15) is 0 Å². The number of carbonyl (C=O) groups excluding carboxylic acids is 1. The molecule has 0 aliphatic rings. The van der Waals surface area contributed by atoms with E-state index in [1.807, 2.05) is 0 Å². The van der Waals surface area contributed by atoms with Gasteiger partial charge < -0.3 is 5.53 Å². The van der Waals surface area contributed by atoms with Gasteiger partial charge in [0, 0.05) is 13.3 Å². The average Bonchev–Trinajstić information content (AvgIpc) is 2.35. The summed E-state index contributed by atoms with van der Waals surface area (Å²) in [7, 11) is 0. The molecule has 0 aromatic carbocycles. The zero-order valence-electron chi connectivity index (χ0n) is 11.4. The molecule has 3 nitrogen and oxygen atoms in total. The Labute approximate surface area is 105 Å². The monoisotopic (exact) mass is 238 g/mol. The van der Waals surface area contributed by atoms with E-state index < -0.39 is 0 Å². The minimum Gasteiger partial charge on any atom is -0.361 e. The van der Waals surface area contributed by atoms with Gasteiger partial charge in [-0.25, -0.2) is 0 Å². The topological polar surface area (TPSA) is 53.5 Å². The van der Waals surface area contributed by atoms with Crippen LogP contribution < -0.4 is 0 Å². The van der Waals surface area contributed by atoms with E-state index in [4.69, 9.17) is 5.53 Å². The van der Waals surface area contributed by atoms with Crippen molar-refractivity contribution in [2.24, 2.45) is 0 Å². The van der Waals surface area contributed by atoms with Gasteiger partial charge in [0.25, 0.3) is 0 Å². The molecule has 17 heavy (non-hydrogen) atoms. The number of hydrogen-bond acceptors (Lipinski definition) is 1. The Morgan fingerprint density at radius 3 is 1.88 bits per heavy atom. The molecule has 0 bridgehead atoms. The lowest BCUT2D eigenvalue weighted by molar-refractivity contribution is -0.117. The molecule has 0 amide bonds. The van der Waals surface area contributed by atoms with Crippen LogP contribution in [0.1, 0.15) is 78.1 Å². The molecule has 0 heterocycles. The van der Waals surface area contributed by atoms with E-state index in [1.165, 1.54) is 44.9 Å². The first-order valence-electron chi connectivity index (χ1n) is 6.94. The lowest BCUT2D eigenvalue weighted by atomic mass is 10.0. The quantitative estimate of drug-likeness (QED) is 0.231. The normalized spacial score (nSPS) is 10.0. The fourth-order valence-corrected chi connectivity index (χ4v) is 1.83. The number of ketones is 1. The van der Waals surface area contributed by atoms with Crippen LogP contribution in [0.15, 0.2) is 0 Å². The van der Waals surface area contributed by atoms with Crippen LogP contribution in [-0.4, -0.2) is 16.3 Å². The van der Waals surface area contributed by atoms with Crippen LogP contribution >= 0.6 is 0 Å². The highest BCUT2D eigenvalue weighted by Gasteiger charge is 2.11. The summed E-state index contributed by atoms with van der Waals surface area (Å²) in [4.78, 5) is 14.2. The Morgan fingerprint density at radius 1 is 0.941 bits per heavy atom. The maximum Gasteiger partial charge on any atom is 0.331 e. The number of unbranched alkanes of at least 4 members (excludes halogenated alkanes) is 8. The number of carbonyl (C=O) groups is 1. The molecule has 0 spiro atoms. The Morgan fingerprint density at radius 2 is 1.41 bits per heavy atom. The summed E-state index contributed by atoms with van der Waals surface area (Å²) in [6.07, 6.45) is 11.7. The van der Waals surface area contributed by atoms with Gasteiger partial charge >= 0.3 is 5.71 Å². The predicted molar refractivity (Wildman–Crippen MR) is 71.2 cm³/mol. The Balaban J connectivity index is 3.24. The van der Waals surface area contributed by atoms with Crippen LogP contribution in [0.25, 0.3) is 5.53 Å². The van der Waals surface area contributed by atoms with Crippen molar-refractivity contribution in [3.05, 3.63) is 5.53 Å². The third kappa shape index (κ3) is 9.95. The van der Waals surface area contributed by atoms with Crippen LogP contribution in [-0.2, 0) is 4.79 Å². The molecule has 0 aliphatic carbocycles. The highest BCUT2D eigenvalue weighted by molar-refractivity contribution is 6.36. The van der Waals surface area contributed by atoms with Gasteiger partial charge in [-0.1, -0.05) is 58.3 Å². The Kier molecular flexibility index (Phi) is 10.9. The smallest absolute Gasteiger partial charge is 0.331 e. The van der Waals surface area contributed by atoms with Crippen molar-refractivity contribution in [3.63, 3.8) is 0 Å². The maximum atomic E-state index is 11.3. The van der Waals surface area contributed by atoms with Gasteiger partial charge in [0.15, 0.2) is 0 Å². The summed E-state index contributed by atoms with van der Waals surface area (Å²) >= 11 is 0. The average molecular weight is 238 g/mol. The Bertz CT molecular complexity index is 255. The molecule has 0 saturated heterocycles. The first-order chi connectivity index (χ1) is 8.22. The molecular formula is C14H26N2O. The van der Waals surface area contributed by atoms with Crippen LogP contribution in [0.3, 0.4) is 0 Å². The lowest BCUT2D eigenvalue weighted by Crippen LogP contribution is -2.10. The van der Waals surface area contributed by atoms with E-state index in [2.05, 4.69) is 11.7 Å². The highest BCUT2D eigenvalue weighted by Crippen LogP contribution is 2.10. The molecule has 0 atom stereocenters. The second-order valence-corrected chi connectivity index (χ2v) is 4.69. The molecular weight excluding hydrogens is 212 g/mol. The van der Waals surface area contributed by atoms with E-state index in [-0.39, 0.29) is 11.5 Å². The SMILES string of the molecule is CCCCCCCCCCCC(=O)C(C)=[N+]=[N-]. The van der Waals surface area contributed by atoms with Crippen molar-refractivity contribution in [1.29, 1.82) is 0 Å². The third-order valence-electron chi connectivity index (χ3n) is 3.06. The largest absolute Gasteiger partial charge is 0.361 e. The van der Waals surface area contributed by atoms with E-state index >= 15 is 0 Å². The van der Waals surface area contributed by atoms with Gasteiger partial charge in [-0.15, -0.1) is 0 Å². The molecule has 0 radical (unpaired) electrons. The van der Waals surface area contributed by atoms with Crippen molar-refractivity contribution < 1.29 is 9.58 Å². The van der Waals surface area contributed by atoms with Crippen molar-refractivity contribution in [2.45, 2.75) is 78.1 Å². The van der Waals surface area contributed by atoms with Crippen molar-refractivity contribution in [1.82, 2.24) is 0 Å². The maximum absolute atomic E-state index is 11.3. The summed E-state index contributed by atoms with van der Waals surface area (Å²) in [5.74, 6) is -0.0320. The minimum absolute atomic E-state index is 0.0320. The second kappa shape index (κ2) is 11.5. The fourth-order valence-electron chi connectivity index (χ4n) is 1.83. The molecule has 98 valence electrons. The summed E-state index contributed by atoms with van der Waals surface area (Å²) in [6.45, 7) is 3.78. The first-order valence-corrected chi connectivity index (χ1v) is 6.94. The van der Waals surface area contributed by atoms with Crippen LogP contribution in [0, 0.1) is 0 Å². The van der Waals surface area contributed by atoms with Crippen LogP contribution in [0.5, 0.6) is 0 Å². The first kappa shape index (κ1) is 16.1. The molecule has 3 heteroatoms. The minimum atomic E-state index is -0.0320. The summed E-state index contributed by atoms with van der Waals surface area (Å²) in [5.41, 5.74) is 8.64. The van der Waals surface area contributed by atoms with E-state index in [0.717, 1.165) is 12.8 Å². The van der Waals surface area contributed by atoms with E-state index in [9.17, 15) is 4.79 Å². The number of rotatable bonds is 11. The predicted octanol–water partition coefficient (Wildman–Crippen LogP) is 4.17. The molecule has 0 unspecified atom stereocenters. The van der Waals surface area contributed by atoms with Gasteiger partial charge in [0.2, 0.25) is 5.78 Å². The van der Waals surface area contributed by atoms with Gasteiger partial charge in [-0.05, 0) is 6.42 Å². The molecule has 0 aromatic heterocycles. The molecule has 0 N–H and O–H groups in total. The van der Waals surface area contributed by atoms with E-state index in [1.54, 1.807) is 6.92 Å². The second-order valence-electron chi connectivity index (χ2n) is 4.69. The molecule has 0 saturated carbocycles. The summed E-state index contributed by atoms with van der Waals surface area (Å²) < 4.78 is 0. The summed E-state index contributed by atoms with van der Waals surface area (Å²) in [6, 6.07) is 0. The van der Waals surface area contributed by atoms with E-state index in [0.29, 0.717) is 6.42 Å². The molecule has 0 fully saturated rings. The van der Waals surface area contributed by atoms with Crippen LogP contribution in [0.2, 0.25) is 0 Å². The zero-order chi connectivity index (χ0) is 12.9. The lowest BCUT2D eigenvalue weighted by Gasteiger charge is -2.00. The van der Waals surface area contributed by atoms with Crippen molar-refractivity contribution in [2.75, 3.05) is 0 Å². The molecule has 0 aliphatic heterocycles. The molecule has 0 aromatic rings. The van der Waals surface area contributed by atoms with Gasteiger partial charge in [-0.2, -0.15) is 4.79 Å². The van der Waals surface area contributed by atoms with Gasteiger partial charge in [0.05, 0.1) is 0 Å². The standard InChI is InChI=1S/C14H26N2O/c1-3-4-5-6-7-8-9-10-11-12-14(17)13(2)16-15/h3-12H2,1-2H3. The third-order valence-corrected chi connectivity index (χ3v) is 3.06. The number of nitrogens with zero attached hydrogens (tertiary/aromatic N) is 2. The van der Waals surface area contributed by atoms with Crippen molar-refractivity contribution >= 4 is 11.5 Å². The number of Topliss-reactive ketones (excluding diaryl/α,β-unsaturated/α-hetero) is 1. The Hall–Kier alpha value is -0.950. The molecule has 0 rings (SSSR count). The van der Waals surface area contributed by atoms with Crippen molar-refractivity contribution in [3.8, 4) is 0 Å². The van der Waals surface area contributed by atoms with Gasteiger partial charge in [-0.3, -0.25) is 4.79 Å². The highest BCUT2D eigenvalue weighted by atomic mass is 16.1. The van der Waals surface area contributed by atoms with Crippen LogP contribution in [0.4, 0.5) is 0 Å². The fraction of sp³-hybridized carbons (Fsp3) is 0.857. The summed E-state index contributed by atoms with van der Waals surface area (Å²) in [5, 5.41) is 0. The zero-order valence-corrected chi connectivity index (χ0v) is 11.4.